The van der Waals surface area contributed by atoms with Gasteiger partial charge in [0.05, 0.1) is 87.0 Å². The Kier molecular flexibility index (Phi) is 29.4. The zero-order chi connectivity index (χ0) is 77.1. The van der Waals surface area contributed by atoms with E-state index in [1.54, 1.807) is 17.8 Å². The number of aromatic hydroxyl groups is 2. The van der Waals surface area contributed by atoms with Crippen molar-refractivity contribution in [2.75, 3.05) is 53.9 Å². The van der Waals surface area contributed by atoms with Gasteiger partial charge in [0.15, 0.2) is 24.7 Å². The maximum Gasteiger partial charge on any atom is 0.303 e. The highest BCUT2D eigenvalue weighted by Crippen LogP contribution is 2.53. The Morgan fingerprint density at radius 2 is 1.32 bits per heavy atom. The summed E-state index contributed by atoms with van der Waals surface area (Å²) < 4.78 is 59.9. The van der Waals surface area contributed by atoms with Gasteiger partial charge in [-0.15, -0.1) is 5.10 Å². The summed E-state index contributed by atoms with van der Waals surface area (Å²) in [5, 5.41) is 168. The topological polar surface area (TPSA) is 554 Å². The molecule has 0 bridgehead atoms. The molecule has 4 heterocycles. The van der Waals surface area contributed by atoms with E-state index < -0.39 is 213 Å². The van der Waals surface area contributed by atoms with Crippen molar-refractivity contribution in [2.45, 2.75) is 252 Å². The number of ketones is 2. The fourth-order valence-electron chi connectivity index (χ4n) is 14.6. The van der Waals surface area contributed by atoms with Crippen molar-refractivity contribution in [3.05, 3.63) is 63.5 Å². The highest BCUT2D eigenvalue weighted by Gasteiger charge is 2.53. The predicted octanol–water partition coefficient (Wildman–Crippen LogP) is -1.98. The van der Waals surface area contributed by atoms with Crippen molar-refractivity contribution < 1.29 is 143 Å². The number of carboxylic acid groups (broad SMARTS) is 1. The van der Waals surface area contributed by atoms with Crippen LogP contribution < -0.4 is 21.2 Å². The number of hydrogen-bond acceptors (Lipinski definition) is 32. The average molecular weight is 1510 g/mol. The molecule has 36 heteroatoms. The maximum absolute atomic E-state index is 14.2. The summed E-state index contributed by atoms with van der Waals surface area (Å²) in [7, 11) is 2.55. The second-order valence-corrected chi connectivity index (χ2v) is 28.9. The number of amides is 2. The molecule has 106 heavy (non-hydrogen) atoms. The number of unbranched alkanes of at least 4 members (excludes halogenated alkanes) is 4. The van der Waals surface area contributed by atoms with E-state index in [0.29, 0.717) is 70.0 Å². The van der Waals surface area contributed by atoms with E-state index in [9.17, 15) is 90.4 Å². The third kappa shape index (κ3) is 19.8. The summed E-state index contributed by atoms with van der Waals surface area (Å²) in [5.74, 6) is -5.02. The number of phenolic OH excluding ortho intramolecular Hbond substituents is 2. The van der Waals surface area contributed by atoms with E-state index in [4.69, 9.17) is 58.2 Å². The van der Waals surface area contributed by atoms with Gasteiger partial charge in [0.1, 0.15) is 102 Å². The van der Waals surface area contributed by atoms with Gasteiger partial charge in [-0.3, -0.25) is 28.7 Å². The monoisotopic (exact) mass is 1510 g/mol. The fourth-order valence-corrected chi connectivity index (χ4v) is 14.6. The van der Waals surface area contributed by atoms with Crippen molar-refractivity contribution >= 4 is 35.1 Å². The molecule has 21 atom stereocenters. The van der Waals surface area contributed by atoms with E-state index >= 15 is 0 Å². The highest BCUT2D eigenvalue weighted by atomic mass is 16.7. The van der Waals surface area contributed by atoms with Crippen molar-refractivity contribution in [3.8, 4) is 17.2 Å². The largest absolute Gasteiger partial charge is 0.507 e. The molecule has 3 saturated heterocycles. The van der Waals surface area contributed by atoms with Crippen LogP contribution in [0.1, 0.15) is 165 Å². The van der Waals surface area contributed by atoms with Gasteiger partial charge in [-0.05, 0) is 68.8 Å². The number of methoxy groups -OCH3 is 2. The number of rotatable bonds is 36. The molecule has 6 aliphatic rings. The molecule has 9 rings (SSSR count). The van der Waals surface area contributed by atoms with Crippen molar-refractivity contribution in [1.82, 2.24) is 25.7 Å². The first kappa shape index (κ1) is 83.6. The molecule has 0 radical (unpaired) electrons. The molecule has 2 aromatic carbocycles. The number of carbonyl (C=O) groups excluding carboxylic acids is 4. The van der Waals surface area contributed by atoms with Gasteiger partial charge in [0, 0.05) is 81.7 Å². The van der Waals surface area contributed by atoms with Crippen LogP contribution in [-0.2, 0) is 76.5 Å². The maximum atomic E-state index is 14.2. The molecule has 1 saturated carbocycles. The van der Waals surface area contributed by atoms with E-state index in [1.807, 2.05) is 13.8 Å². The number of nitrogens with two attached hydrogens (primary N) is 1. The molecule has 36 nitrogen and oxygen atoms in total. The van der Waals surface area contributed by atoms with Crippen LogP contribution in [-0.4, -0.2) is 291 Å². The standard InChI is InChI=1S/C70H103N7O29/c1-33-22-35(23-38(71)52(33)84)103-40-25-70(96,24-37-49(40)57(89)51-50(54(37)86)53(85)36-14-12-15-39(97-4)48(36)56(51)88)44(29-79)74-75-46(81)17-13-19-69(2,3)32-77-27-34(73-76-77)26-72-45(80)16-8-6-10-20-100-65-43(31-101-67-61(93)58(90)55(87)41(28-78)104-67)106-68(63(95)60(65)92)102-30-42-64(59(91)62(94)66(98-5)105-42)99-21-11-7-9-18-47(82)83/h12,14-15,27,33,35,38,40-43,52,55,58-68,78-79,84,86-87,89-96H,6-11,13,16-26,28-32,71H2,1-5H3,(H,72,80)(H,75,81)(H,82,83)/b74-44+/t33?,35?,38?,40?,41-,42-,43-,52?,55-,58+,59-,60-,61-,62-,63-,64-,65-,66+,67+,68+,70+/m1/s1. The van der Waals surface area contributed by atoms with Gasteiger partial charge >= 0.3 is 5.97 Å². The summed E-state index contributed by atoms with van der Waals surface area (Å²) in [5.41, 5.74) is 4.81. The average Bonchev–Trinajstić information content (AvgIpc) is 0.815. The molecule has 4 fully saturated rings. The van der Waals surface area contributed by atoms with Gasteiger partial charge in [0.25, 0.3) is 0 Å². The molecule has 3 aliphatic carbocycles. The van der Waals surface area contributed by atoms with E-state index in [0.717, 1.165) is 0 Å². The summed E-state index contributed by atoms with van der Waals surface area (Å²) >= 11 is 0. The number of nitrogens with one attached hydrogen (secondary N) is 2. The van der Waals surface area contributed by atoms with E-state index in [1.165, 1.54) is 32.4 Å². The third-order valence-electron chi connectivity index (χ3n) is 20.4. The summed E-state index contributed by atoms with van der Waals surface area (Å²) in [6.07, 6.45) is -21.1. The van der Waals surface area contributed by atoms with Gasteiger partial charge in [-0.2, -0.15) is 5.10 Å². The SMILES string of the molecule is COc1cccc2c1C(=O)c1c(O)c3c(c(O)c1C2=O)C[C@@](O)(/C(CO)=N/NC(=O)CCCC(C)(C)Cn1cc(CNC(=O)CCCCCO[C@H]2[C@H](O)[C@@H](O)[C@@H](OC[C@H]4O[C@H](OC)[C@H](O)[C@@H](O)[C@@H]4OCCCCCC(=O)O)O[C@@H]2CO[C@H]2O[C@H](CO)[C@@H](O)[C@H](O)[C@H]2O)nn1)CC3OC1CC(C)C(O)C(N)C1. The van der Waals surface area contributed by atoms with Gasteiger partial charge < -0.3 is 130 Å². The van der Waals surface area contributed by atoms with Crippen LogP contribution in [0.5, 0.6) is 17.2 Å². The molecule has 0 spiro atoms. The molecule has 5 unspecified atom stereocenters. The van der Waals surface area contributed by atoms with Crippen LogP contribution in [0.4, 0.5) is 0 Å². The first-order valence-corrected chi connectivity index (χ1v) is 35.8. The number of ether oxygens (including phenoxy) is 10. The molecule has 1 aromatic heterocycles. The first-order chi connectivity index (χ1) is 50.4. The Balaban J connectivity index is 0.735. The van der Waals surface area contributed by atoms with E-state index in [2.05, 4.69) is 26.2 Å². The normalized spacial score (nSPS) is 31.9. The highest BCUT2D eigenvalue weighted by molar-refractivity contribution is 6.31. The quantitative estimate of drug-likeness (QED) is 0.0102. The number of phenols is 2. The zero-order valence-electron chi connectivity index (χ0n) is 59.9. The lowest BCUT2D eigenvalue weighted by Gasteiger charge is -2.45. The molecule has 3 aromatic rings. The van der Waals surface area contributed by atoms with Crippen LogP contribution in [0.2, 0.25) is 0 Å². The number of carbonyl (C=O) groups is 5. The summed E-state index contributed by atoms with van der Waals surface area (Å²) in [6, 6.07) is 3.66. The van der Waals surface area contributed by atoms with Gasteiger partial charge in [-0.25, -0.2) is 5.43 Å². The minimum atomic E-state index is -2.18. The number of carboxylic acids is 1. The first-order valence-electron chi connectivity index (χ1n) is 35.8. The molecule has 592 valence electrons. The predicted molar refractivity (Wildman–Crippen MR) is 363 cm³/mol. The van der Waals surface area contributed by atoms with Crippen LogP contribution in [0.15, 0.2) is 29.5 Å². The number of aliphatic carboxylic acids is 1. The molecular formula is C70H103N7O29. The second-order valence-electron chi connectivity index (χ2n) is 28.9. The third-order valence-corrected chi connectivity index (χ3v) is 20.4. The fraction of sp³-hybridized carbons (Fsp3) is 0.714. The molecule has 2 amide bonds. The van der Waals surface area contributed by atoms with E-state index in [-0.39, 0.29) is 91.0 Å². The Bertz CT molecular complexity index is 3500. The smallest absolute Gasteiger partial charge is 0.303 e. The molecular weight excluding hydrogens is 1400 g/mol. The van der Waals surface area contributed by atoms with Crippen molar-refractivity contribution in [1.29, 1.82) is 0 Å². The molecule has 18 N–H and O–H groups in total. The number of hydrazone groups is 1. The van der Waals surface area contributed by atoms with Gasteiger partial charge in [0.2, 0.25) is 17.6 Å². The number of hydrogen-bond donors (Lipinski definition) is 17. The minimum Gasteiger partial charge on any atom is -0.507 e. The Hall–Kier alpha value is -6.44. The second kappa shape index (κ2) is 37.3. The van der Waals surface area contributed by atoms with Gasteiger partial charge in [-0.1, -0.05) is 51.0 Å². The number of aliphatic hydroxyl groups excluding tert-OH is 10. The number of fused-ring (bicyclic) bond motifs is 3. The van der Waals surface area contributed by atoms with Crippen LogP contribution in [0.3, 0.4) is 0 Å². The lowest BCUT2D eigenvalue weighted by Crippen LogP contribution is -2.63. The number of nitrogens with zero attached hydrogens (tertiary/aromatic N) is 4. The number of aromatic nitrogens is 3. The number of aliphatic hydroxyl groups is 11. The minimum absolute atomic E-state index is 0.0300. The Labute approximate surface area is 610 Å². The van der Waals surface area contributed by atoms with Crippen molar-refractivity contribution in [3.63, 3.8) is 0 Å². The summed E-state index contributed by atoms with van der Waals surface area (Å²) in [4.78, 5) is 65.7. The number of benzene rings is 2. The van der Waals surface area contributed by atoms with Crippen LogP contribution in [0, 0.1) is 11.3 Å². The lowest BCUT2D eigenvalue weighted by atomic mass is 9.71. The zero-order valence-corrected chi connectivity index (χ0v) is 59.9. The Morgan fingerprint density at radius 1 is 0.717 bits per heavy atom. The van der Waals surface area contributed by atoms with Crippen LogP contribution >= 0.6 is 0 Å². The molecule has 3 aliphatic heterocycles. The Morgan fingerprint density at radius 3 is 1.93 bits per heavy atom. The summed E-state index contributed by atoms with van der Waals surface area (Å²) in [6.45, 7) is 3.49. The lowest BCUT2D eigenvalue weighted by molar-refractivity contribution is -0.345. The van der Waals surface area contributed by atoms with Crippen LogP contribution in [0.25, 0.3) is 0 Å². The van der Waals surface area contributed by atoms with Crippen molar-refractivity contribution in [2.24, 2.45) is 22.2 Å².